The first-order valence-corrected chi connectivity index (χ1v) is 11.3. The van der Waals surface area contributed by atoms with Gasteiger partial charge in [-0.3, -0.25) is 4.90 Å². The summed E-state index contributed by atoms with van der Waals surface area (Å²) in [5, 5.41) is 6.19. The molecule has 0 spiro atoms. The SMILES string of the molecule is CC(C)N1CCN(c2nc(-c3ccc(Cl)cc3)c3c(N)n(-c4ccccc4)nc3n2)CC1. The lowest BCUT2D eigenvalue weighted by molar-refractivity contribution is 0.208. The van der Waals surface area contributed by atoms with Crippen molar-refractivity contribution in [1.29, 1.82) is 0 Å². The molecular formula is C24H26ClN7. The van der Waals surface area contributed by atoms with Gasteiger partial charge in [0.2, 0.25) is 5.95 Å². The first-order chi connectivity index (χ1) is 15.5. The molecule has 1 fully saturated rings. The Balaban J connectivity index is 1.64. The monoisotopic (exact) mass is 447 g/mol. The quantitative estimate of drug-likeness (QED) is 0.504. The van der Waals surface area contributed by atoms with E-state index in [1.54, 1.807) is 4.68 Å². The molecule has 0 radical (unpaired) electrons. The molecule has 0 amide bonds. The average molecular weight is 448 g/mol. The standard InChI is InChI=1S/C24H26ClN7/c1-16(2)30-12-14-31(15-13-30)24-27-21(17-8-10-18(25)11-9-17)20-22(26)32(29-23(20)28-24)19-6-4-3-5-7-19/h3-11,16H,12-15,26H2,1-2H3. The van der Waals surface area contributed by atoms with Crippen LogP contribution in [0.1, 0.15) is 13.8 Å². The van der Waals surface area contributed by atoms with E-state index >= 15 is 0 Å². The minimum atomic E-state index is 0.521. The van der Waals surface area contributed by atoms with E-state index in [1.165, 1.54) is 0 Å². The average Bonchev–Trinajstić information content (AvgIpc) is 3.16. The van der Waals surface area contributed by atoms with Crippen LogP contribution < -0.4 is 10.6 Å². The predicted molar refractivity (Wildman–Crippen MR) is 130 cm³/mol. The largest absolute Gasteiger partial charge is 0.383 e. The highest BCUT2D eigenvalue weighted by Gasteiger charge is 2.24. The first kappa shape index (κ1) is 20.7. The Hall–Kier alpha value is -3.16. The van der Waals surface area contributed by atoms with Crippen molar-refractivity contribution in [3.8, 4) is 16.9 Å². The number of nitrogens with zero attached hydrogens (tertiary/aromatic N) is 6. The minimum Gasteiger partial charge on any atom is -0.383 e. The van der Waals surface area contributed by atoms with Gasteiger partial charge < -0.3 is 10.6 Å². The predicted octanol–water partition coefficient (Wildman–Crippen LogP) is 4.25. The van der Waals surface area contributed by atoms with Crippen LogP contribution in [0.4, 0.5) is 11.8 Å². The summed E-state index contributed by atoms with van der Waals surface area (Å²) in [5.74, 6) is 1.20. The number of para-hydroxylation sites is 1. The summed E-state index contributed by atoms with van der Waals surface area (Å²) in [6, 6.07) is 18.0. The van der Waals surface area contributed by atoms with Crippen molar-refractivity contribution in [2.45, 2.75) is 19.9 Å². The van der Waals surface area contributed by atoms with Gasteiger partial charge in [-0.15, -0.1) is 5.10 Å². The van der Waals surface area contributed by atoms with Crippen molar-refractivity contribution in [3.63, 3.8) is 0 Å². The molecule has 0 bridgehead atoms. The van der Waals surface area contributed by atoms with Gasteiger partial charge in [-0.2, -0.15) is 4.98 Å². The van der Waals surface area contributed by atoms with Crippen LogP contribution in [-0.4, -0.2) is 56.9 Å². The Kier molecular flexibility index (Phi) is 5.45. The zero-order valence-electron chi connectivity index (χ0n) is 18.2. The zero-order chi connectivity index (χ0) is 22.2. The van der Waals surface area contributed by atoms with E-state index in [-0.39, 0.29) is 0 Å². The lowest BCUT2D eigenvalue weighted by Crippen LogP contribution is -2.49. The summed E-state index contributed by atoms with van der Waals surface area (Å²) >= 11 is 6.14. The van der Waals surface area contributed by atoms with Crippen molar-refractivity contribution in [1.82, 2.24) is 24.6 Å². The maximum Gasteiger partial charge on any atom is 0.228 e. The maximum atomic E-state index is 6.59. The van der Waals surface area contributed by atoms with Gasteiger partial charge in [0.25, 0.3) is 0 Å². The minimum absolute atomic E-state index is 0.521. The van der Waals surface area contributed by atoms with E-state index in [9.17, 15) is 0 Å². The number of anilines is 2. The third-order valence-electron chi connectivity index (χ3n) is 6.00. The van der Waals surface area contributed by atoms with Crippen LogP contribution in [0.25, 0.3) is 28.0 Å². The Bertz CT molecular complexity index is 1230. The topological polar surface area (TPSA) is 76.1 Å². The molecule has 0 atom stereocenters. The fourth-order valence-electron chi connectivity index (χ4n) is 4.16. The van der Waals surface area contributed by atoms with Gasteiger partial charge in [0.05, 0.1) is 16.8 Å². The third-order valence-corrected chi connectivity index (χ3v) is 6.25. The maximum absolute atomic E-state index is 6.59. The van der Waals surface area contributed by atoms with Crippen LogP contribution in [-0.2, 0) is 0 Å². The molecule has 0 aliphatic carbocycles. The molecule has 0 unspecified atom stereocenters. The number of rotatable bonds is 4. The molecule has 3 heterocycles. The number of nitrogens with two attached hydrogens (primary N) is 1. The number of benzene rings is 2. The van der Waals surface area contributed by atoms with Crippen molar-refractivity contribution >= 4 is 34.4 Å². The molecule has 2 aromatic carbocycles. The normalized spacial score (nSPS) is 15.1. The molecule has 1 saturated heterocycles. The summed E-state index contributed by atoms with van der Waals surface area (Å²) in [6.07, 6.45) is 0. The summed E-state index contributed by atoms with van der Waals surface area (Å²) < 4.78 is 1.74. The molecule has 2 N–H and O–H groups in total. The summed E-state index contributed by atoms with van der Waals surface area (Å²) in [4.78, 5) is 14.5. The van der Waals surface area contributed by atoms with E-state index in [0.29, 0.717) is 28.5 Å². The second-order valence-corrected chi connectivity index (χ2v) is 8.76. The van der Waals surface area contributed by atoms with E-state index in [1.807, 2.05) is 54.6 Å². The van der Waals surface area contributed by atoms with Gasteiger partial charge in [0.15, 0.2) is 5.65 Å². The van der Waals surface area contributed by atoms with Gasteiger partial charge in [-0.1, -0.05) is 41.9 Å². The van der Waals surface area contributed by atoms with Crippen LogP contribution in [0.2, 0.25) is 5.02 Å². The third kappa shape index (κ3) is 3.78. The van der Waals surface area contributed by atoms with Crippen molar-refractivity contribution in [3.05, 3.63) is 59.6 Å². The van der Waals surface area contributed by atoms with Crippen LogP contribution in [0, 0.1) is 0 Å². The van der Waals surface area contributed by atoms with Gasteiger partial charge in [0.1, 0.15) is 5.82 Å². The molecule has 0 saturated carbocycles. The smallest absolute Gasteiger partial charge is 0.228 e. The van der Waals surface area contributed by atoms with Crippen LogP contribution in [0.15, 0.2) is 54.6 Å². The molecule has 32 heavy (non-hydrogen) atoms. The second-order valence-electron chi connectivity index (χ2n) is 8.33. The number of halogens is 1. The highest BCUT2D eigenvalue weighted by molar-refractivity contribution is 6.30. The highest BCUT2D eigenvalue weighted by Crippen LogP contribution is 2.34. The van der Waals surface area contributed by atoms with E-state index in [4.69, 9.17) is 32.4 Å². The summed E-state index contributed by atoms with van der Waals surface area (Å²) in [7, 11) is 0. The Morgan fingerprint density at radius 2 is 1.59 bits per heavy atom. The van der Waals surface area contributed by atoms with E-state index in [0.717, 1.165) is 48.5 Å². The molecule has 4 aromatic rings. The Morgan fingerprint density at radius 1 is 0.906 bits per heavy atom. The summed E-state index contributed by atoms with van der Waals surface area (Å²) in [6.45, 7) is 8.18. The van der Waals surface area contributed by atoms with Gasteiger partial charge in [-0.05, 0) is 38.1 Å². The number of piperazine rings is 1. The highest BCUT2D eigenvalue weighted by atomic mass is 35.5. The molecule has 164 valence electrons. The Morgan fingerprint density at radius 3 is 2.25 bits per heavy atom. The van der Waals surface area contributed by atoms with Crippen LogP contribution in [0.5, 0.6) is 0 Å². The van der Waals surface area contributed by atoms with Crippen molar-refractivity contribution in [2.75, 3.05) is 36.8 Å². The Labute approximate surface area is 192 Å². The van der Waals surface area contributed by atoms with Gasteiger partial charge in [0, 0.05) is 42.8 Å². The van der Waals surface area contributed by atoms with Crippen LogP contribution >= 0.6 is 11.6 Å². The fraction of sp³-hybridized carbons (Fsp3) is 0.292. The summed E-state index contributed by atoms with van der Waals surface area (Å²) in [5.41, 5.74) is 9.77. The molecule has 8 heteroatoms. The molecule has 1 aliphatic heterocycles. The van der Waals surface area contributed by atoms with Gasteiger partial charge >= 0.3 is 0 Å². The lowest BCUT2D eigenvalue weighted by Gasteiger charge is -2.36. The number of fused-ring (bicyclic) bond motifs is 1. The fourth-order valence-corrected chi connectivity index (χ4v) is 4.29. The number of aromatic nitrogens is 4. The number of hydrogen-bond acceptors (Lipinski definition) is 6. The van der Waals surface area contributed by atoms with E-state index in [2.05, 4.69) is 23.6 Å². The van der Waals surface area contributed by atoms with E-state index < -0.39 is 0 Å². The molecule has 2 aromatic heterocycles. The second kappa shape index (κ2) is 8.41. The first-order valence-electron chi connectivity index (χ1n) is 10.9. The molecule has 1 aliphatic rings. The number of nitrogen functional groups attached to an aromatic ring is 1. The zero-order valence-corrected chi connectivity index (χ0v) is 19.0. The molecule has 5 rings (SSSR count). The van der Waals surface area contributed by atoms with Gasteiger partial charge in [-0.25, -0.2) is 9.67 Å². The van der Waals surface area contributed by atoms with Crippen molar-refractivity contribution < 1.29 is 0 Å². The van der Waals surface area contributed by atoms with Crippen molar-refractivity contribution in [2.24, 2.45) is 0 Å². The molecular weight excluding hydrogens is 422 g/mol. The van der Waals surface area contributed by atoms with Crippen LogP contribution in [0.3, 0.4) is 0 Å². The number of hydrogen-bond donors (Lipinski definition) is 1. The molecule has 7 nitrogen and oxygen atoms in total. The lowest BCUT2D eigenvalue weighted by atomic mass is 10.1.